The summed E-state index contributed by atoms with van der Waals surface area (Å²) in [4.78, 5) is 28.9. The smallest absolute Gasteiger partial charge is 0.264 e. The molecule has 0 unspecified atom stereocenters. The first-order valence-electron chi connectivity index (χ1n) is 13.9. The molecule has 0 radical (unpaired) electrons. The normalized spacial score (nSPS) is 12.0. The fraction of sp³-hybridized carbons (Fsp3) is 0.375. The van der Waals surface area contributed by atoms with Gasteiger partial charge in [-0.2, -0.15) is 0 Å². The van der Waals surface area contributed by atoms with Gasteiger partial charge in [0.1, 0.15) is 12.6 Å². The molecule has 0 spiro atoms. The topological polar surface area (TPSA) is 86.8 Å². The molecule has 0 aliphatic carbocycles. The lowest BCUT2D eigenvalue weighted by molar-refractivity contribution is -0.139. The monoisotopic (exact) mass is 563 g/mol. The van der Waals surface area contributed by atoms with Crippen molar-refractivity contribution in [1.29, 1.82) is 0 Å². The van der Waals surface area contributed by atoms with E-state index < -0.39 is 28.5 Å². The van der Waals surface area contributed by atoms with Crippen LogP contribution in [0.5, 0.6) is 0 Å². The molecule has 0 bridgehead atoms. The molecule has 3 rings (SSSR count). The van der Waals surface area contributed by atoms with Gasteiger partial charge in [-0.15, -0.1) is 0 Å². The molecule has 2 amide bonds. The van der Waals surface area contributed by atoms with Crippen LogP contribution in [0.25, 0.3) is 0 Å². The Hall–Kier alpha value is -3.65. The first kappa shape index (κ1) is 30.9. The van der Waals surface area contributed by atoms with Crippen molar-refractivity contribution in [2.45, 2.75) is 64.3 Å². The number of benzene rings is 3. The van der Waals surface area contributed by atoms with Gasteiger partial charge >= 0.3 is 0 Å². The van der Waals surface area contributed by atoms with E-state index in [9.17, 15) is 18.0 Å². The van der Waals surface area contributed by atoms with Gasteiger partial charge in [0.2, 0.25) is 11.8 Å². The Kier molecular flexibility index (Phi) is 11.3. The van der Waals surface area contributed by atoms with Crippen molar-refractivity contribution in [3.05, 3.63) is 95.6 Å². The van der Waals surface area contributed by atoms with Crippen LogP contribution in [0.3, 0.4) is 0 Å². The van der Waals surface area contributed by atoms with Crippen molar-refractivity contribution in [1.82, 2.24) is 10.2 Å². The minimum Gasteiger partial charge on any atom is -0.354 e. The molecule has 0 aliphatic rings. The molecule has 0 aliphatic heterocycles. The van der Waals surface area contributed by atoms with Crippen LogP contribution in [0.2, 0.25) is 0 Å². The van der Waals surface area contributed by atoms with E-state index in [0.717, 1.165) is 29.5 Å². The number of rotatable bonds is 14. The number of aryl methyl sites for hydroxylation is 2. The number of hydrogen-bond donors (Lipinski definition) is 1. The van der Waals surface area contributed by atoms with E-state index in [1.807, 2.05) is 64.1 Å². The number of carbonyl (C=O) groups excluding carboxylic acids is 2. The highest BCUT2D eigenvalue weighted by Crippen LogP contribution is 2.26. The van der Waals surface area contributed by atoms with Gasteiger partial charge in [-0.3, -0.25) is 13.9 Å². The van der Waals surface area contributed by atoms with Gasteiger partial charge in [0, 0.05) is 13.1 Å². The average Bonchev–Trinajstić information content (AvgIpc) is 2.94. The summed E-state index contributed by atoms with van der Waals surface area (Å²) in [7, 11) is -4.07. The number of nitrogens with one attached hydrogen (secondary N) is 1. The van der Waals surface area contributed by atoms with Crippen LogP contribution < -0.4 is 9.62 Å². The van der Waals surface area contributed by atoms with Crippen LogP contribution in [0.4, 0.5) is 5.69 Å². The number of hydrogen-bond acceptors (Lipinski definition) is 4. The van der Waals surface area contributed by atoms with Crippen LogP contribution in [-0.4, -0.2) is 50.8 Å². The van der Waals surface area contributed by atoms with Crippen LogP contribution in [0.15, 0.2) is 83.8 Å². The third-order valence-electron chi connectivity index (χ3n) is 6.80. The highest BCUT2D eigenvalue weighted by atomic mass is 32.2. The standard InChI is InChI=1S/C32H41N3O4S/c1-5-7-19-33-32(37)30(6-2)34(20-18-27-14-10-8-11-15-27)31(36)24-35(28-22-25(3)21-26(4)23-28)40(38,39)29-16-12-9-13-17-29/h8-17,21-23,30H,5-7,18-20,24H2,1-4H3,(H,33,37)/t30-/m0/s1. The van der Waals surface area contributed by atoms with E-state index in [-0.39, 0.29) is 17.3 Å². The van der Waals surface area contributed by atoms with Crippen LogP contribution in [-0.2, 0) is 26.0 Å². The lowest BCUT2D eigenvalue weighted by Crippen LogP contribution is -2.53. The zero-order valence-corrected chi connectivity index (χ0v) is 24.8. The first-order valence-corrected chi connectivity index (χ1v) is 15.4. The SMILES string of the molecule is CCCCNC(=O)[C@H](CC)N(CCc1ccccc1)C(=O)CN(c1cc(C)cc(C)c1)S(=O)(=O)c1ccccc1. The van der Waals surface area contributed by atoms with Gasteiger partial charge < -0.3 is 10.2 Å². The Bertz CT molecular complexity index is 1340. The van der Waals surface area contributed by atoms with Gasteiger partial charge in [-0.25, -0.2) is 8.42 Å². The fourth-order valence-electron chi connectivity index (χ4n) is 4.75. The third kappa shape index (κ3) is 8.18. The minimum absolute atomic E-state index is 0.0992. The second-order valence-corrected chi connectivity index (χ2v) is 11.9. The lowest BCUT2D eigenvalue weighted by Gasteiger charge is -2.33. The van der Waals surface area contributed by atoms with E-state index in [0.29, 0.717) is 25.1 Å². The zero-order valence-electron chi connectivity index (χ0n) is 24.0. The van der Waals surface area contributed by atoms with Crippen molar-refractivity contribution in [3.63, 3.8) is 0 Å². The van der Waals surface area contributed by atoms with Gasteiger partial charge in [-0.1, -0.05) is 74.9 Å². The molecular formula is C32H41N3O4S. The van der Waals surface area contributed by atoms with Crippen molar-refractivity contribution >= 4 is 27.5 Å². The zero-order chi connectivity index (χ0) is 29.1. The molecule has 40 heavy (non-hydrogen) atoms. The molecule has 7 nitrogen and oxygen atoms in total. The summed E-state index contributed by atoms with van der Waals surface area (Å²) in [5.74, 6) is -0.645. The van der Waals surface area contributed by atoms with Gasteiger partial charge in [-0.05, 0) is 74.1 Å². The Morgan fingerprint density at radius 3 is 2.05 bits per heavy atom. The van der Waals surface area contributed by atoms with E-state index in [4.69, 9.17) is 0 Å². The van der Waals surface area contributed by atoms with Crippen LogP contribution >= 0.6 is 0 Å². The van der Waals surface area contributed by atoms with E-state index in [1.165, 1.54) is 16.4 Å². The quantitative estimate of drug-likeness (QED) is 0.271. The predicted molar refractivity (Wildman–Crippen MR) is 161 cm³/mol. The number of amides is 2. The molecule has 3 aromatic carbocycles. The maximum Gasteiger partial charge on any atom is 0.264 e. The number of nitrogens with zero attached hydrogens (tertiary/aromatic N) is 2. The summed E-state index contributed by atoms with van der Waals surface area (Å²) in [5, 5.41) is 2.96. The summed E-state index contributed by atoms with van der Waals surface area (Å²) in [6, 6.07) is 22.7. The molecule has 1 atom stereocenters. The van der Waals surface area contributed by atoms with E-state index >= 15 is 0 Å². The summed E-state index contributed by atoms with van der Waals surface area (Å²) >= 11 is 0. The van der Waals surface area contributed by atoms with Crippen molar-refractivity contribution in [2.75, 3.05) is 23.9 Å². The highest BCUT2D eigenvalue weighted by Gasteiger charge is 2.33. The number of anilines is 1. The second-order valence-electron chi connectivity index (χ2n) is 10.1. The number of carbonyl (C=O) groups is 2. The summed E-state index contributed by atoms with van der Waals surface area (Å²) in [5.41, 5.74) is 3.22. The largest absolute Gasteiger partial charge is 0.354 e. The Labute approximate surface area is 239 Å². The average molecular weight is 564 g/mol. The molecule has 0 heterocycles. The van der Waals surface area contributed by atoms with Crippen LogP contribution in [0.1, 0.15) is 49.8 Å². The van der Waals surface area contributed by atoms with Gasteiger partial charge in [0.05, 0.1) is 10.6 Å². The Morgan fingerprint density at radius 2 is 1.48 bits per heavy atom. The predicted octanol–water partition coefficient (Wildman–Crippen LogP) is 5.26. The van der Waals surface area contributed by atoms with Crippen LogP contribution in [0, 0.1) is 13.8 Å². The molecule has 0 saturated carbocycles. The Balaban J connectivity index is 2.00. The molecule has 0 saturated heterocycles. The summed E-state index contributed by atoms with van der Waals surface area (Å²) < 4.78 is 29.0. The lowest BCUT2D eigenvalue weighted by atomic mass is 10.1. The van der Waals surface area contributed by atoms with Gasteiger partial charge in [0.25, 0.3) is 10.0 Å². The van der Waals surface area contributed by atoms with E-state index in [2.05, 4.69) is 5.32 Å². The Morgan fingerprint density at radius 1 is 0.875 bits per heavy atom. The van der Waals surface area contributed by atoms with Crippen molar-refractivity contribution < 1.29 is 18.0 Å². The molecule has 214 valence electrons. The summed E-state index contributed by atoms with van der Waals surface area (Å²) in [6.07, 6.45) is 2.74. The number of sulfonamides is 1. The van der Waals surface area contributed by atoms with Crippen molar-refractivity contribution in [2.24, 2.45) is 0 Å². The van der Waals surface area contributed by atoms with E-state index in [1.54, 1.807) is 35.2 Å². The summed E-state index contributed by atoms with van der Waals surface area (Å²) in [6.45, 7) is 8.10. The molecule has 0 aromatic heterocycles. The molecule has 8 heteroatoms. The fourth-order valence-corrected chi connectivity index (χ4v) is 6.16. The second kappa shape index (κ2) is 14.7. The molecule has 1 N–H and O–H groups in total. The molecular weight excluding hydrogens is 522 g/mol. The number of unbranched alkanes of at least 4 members (excludes halogenated alkanes) is 1. The maximum atomic E-state index is 14.1. The van der Waals surface area contributed by atoms with Gasteiger partial charge in [0.15, 0.2) is 0 Å². The first-order chi connectivity index (χ1) is 19.2. The molecule has 0 fully saturated rings. The van der Waals surface area contributed by atoms with Crippen molar-refractivity contribution in [3.8, 4) is 0 Å². The third-order valence-corrected chi connectivity index (χ3v) is 8.59. The maximum absolute atomic E-state index is 14.1. The highest BCUT2D eigenvalue weighted by molar-refractivity contribution is 7.92. The molecule has 3 aromatic rings. The minimum atomic E-state index is -4.07.